The number of carbonyl (C=O) groups is 1. The van der Waals surface area contributed by atoms with E-state index in [-0.39, 0.29) is 6.61 Å². The van der Waals surface area contributed by atoms with Crippen molar-refractivity contribution < 1.29 is 19.7 Å². The lowest BCUT2D eigenvalue weighted by Gasteiger charge is -2.18. The minimum absolute atomic E-state index is 0.150. The lowest BCUT2D eigenvalue weighted by atomic mass is 9.99. The Labute approximate surface area is 105 Å². The third kappa shape index (κ3) is 3.19. The average Bonchev–Trinajstić information content (AvgIpc) is 2.31. The third-order valence-corrected chi connectivity index (χ3v) is 2.86. The molecular weight excluding hydrogens is 244 g/mol. The Morgan fingerprint density at radius 3 is 2.71 bits per heavy atom. The van der Waals surface area contributed by atoms with Gasteiger partial charge in [-0.3, -0.25) is 0 Å². The van der Waals surface area contributed by atoms with Crippen LogP contribution in [-0.2, 0) is 9.53 Å². The number of aliphatic hydroxyl groups excluding tert-OH is 2. The molecule has 0 aromatic heterocycles. The predicted molar refractivity (Wildman–Crippen MR) is 63.8 cm³/mol. The molecule has 0 aliphatic rings. The fraction of sp³-hybridized carbons (Fsp3) is 0.417. The van der Waals surface area contributed by atoms with Crippen LogP contribution in [0.15, 0.2) is 18.2 Å². The molecule has 2 unspecified atom stereocenters. The Bertz CT molecular complexity index is 405. The third-order valence-electron chi connectivity index (χ3n) is 2.46. The number of benzene rings is 1. The minimum atomic E-state index is -1.60. The summed E-state index contributed by atoms with van der Waals surface area (Å²) in [4.78, 5) is 11.3. The van der Waals surface area contributed by atoms with Gasteiger partial charge in [0.2, 0.25) is 0 Å². The van der Waals surface area contributed by atoms with Crippen LogP contribution in [0.3, 0.4) is 0 Å². The fourth-order valence-corrected chi connectivity index (χ4v) is 1.65. The van der Waals surface area contributed by atoms with Gasteiger partial charge in [0.05, 0.1) is 6.61 Å². The van der Waals surface area contributed by atoms with Crippen molar-refractivity contribution in [2.45, 2.75) is 26.1 Å². The second-order valence-corrected chi connectivity index (χ2v) is 4.00. The topological polar surface area (TPSA) is 66.8 Å². The summed E-state index contributed by atoms with van der Waals surface area (Å²) in [7, 11) is 0. The van der Waals surface area contributed by atoms with Crippen molar-refractivity contribution in [3.63, 3.8) is 0 Å². The van der Waals surface area contributed by atoms with E-state index in [9.17, 15) is 15.0 Å². The minimum Gasteiger partial charge on any atom is -0.464 e. The van der Waals surface area contributed by atoms with Crippen LogP contribution in [0.1, 0.15) is 24.2 Å². The van der Waals surface area contributed by atoms with Crippen molar-refractivity contribution in [3.8, 4) is 0 Å². The van der Waals surface area contributed by atoms with E-state index in [0.29, 0.717) is 16.1 Å². The molecule has 0 saturated carbocycles. The molecule has 1 aromatic carbocycles. The molecule has 0 fully saturated rings. The van der Waals surface area contributed by atoms with Crippen LogP contribution in [0.25, 0.3) is 0 Å². The van der Waals surface area contributed by atoms with Crippen molar-refractivity contribution in [1.82, 2.24) is 0 Å². The van der Waals surface area contributed by atoms with Gasteiger partial charge in [0.25, 0.3) is 0 Å². The van der Waals surface area contributed by atoms with Gasteiger partial charge < -0.3 is 14.9 Å². The summed E-state index contributed by atoms with van der Waals surface area (Å²) in [5, 5.41) is 20.0. The number of hydrogen-bond acceptors (Lipinski definition) is 4. The Morgan fingerprint density at radius 1 is 1.47 bits per heavy atom. The molecule has 0 amide bonds. The average molecular weight is 259 g/mol. The maximum atomic E-state index is 11.3. The van der Waals surface area contributed by atoms with Crippen molar-refractivity contribution in [2.75, 3.05) is 6.61 Å². The van der Waals surface area contributed by atoms with Gasteiger partial charge in [-0.2, -0.15) is 0 Å². The smallest absolute Gasteiger partial charge is 0.338 e. The molecule has 2 atom stereocenters. The van der Waals surface area contributed by atoms with E-state index in [1.165, 1.54) is 0 Å². The van der Waals surface area contributed by atoms with Crippen LogP contribution in [0.4, 0.5) is 0 Å². The quantitative estimate of drug-likeness (QED) is 0.805. The number of halogens is 1. The molecule has 5 heteroatoms. The second kappa shape index (κ2) is 6.00. The summed E-state index contributed by atoms with van der Waals surface area (Å²) in [6.45, 7) is 3.48. The van der Waals surface area contributed by atoms with Crippen molar-refractivity contribution in [1.29, 1.82) is 0 Å². The molecule has 0 spiro atoms. The Morgan fingerprint density at radius 2 is 2.12 bits per heavy atom. The van der Waals surface area contributed by atoms with Crippen molar-refractivity contribution >= 4 is 17.6 Å². The highest BCUT2D eigenvalue weighted by Crippen LogP contribution is 2.26. The maximum Gasteiger partial charge on any atom is 0.338 e. The zero-order valence-corrected chi connectivity index (χ0v) is 10.4. The first-order valence-electron chi connectivity index (χ1n) is 5.26. The largest absolute Gasteiger partial charge is 0.464 e. The van der Waals surface area contributed by atoms with E-state index in [0.717, 1.165) is 0 Å². The maximum absolute atomic E-state index is 11.3. The van der Waals surface area contributed by atoms with Crippen molar-refractivity contribution in [3.05, 3.63) is 34.3 Å². The molecule has 0 aliphatic heterocycles. The molecule has 1 aromatic rings. The van der Waals surface area contributed by atoms with E-state index in [2.05, 4.69) is 4.74 Å². The van der Waals surface area contributed by atoms with Gasteiger partial charge in [0.1, 0.15) is 6.10 Å². The standard InChI is InChI=1S/C12H15ClO4/c1-3-17-12(16)11(15)10(14)8-5-4-6-9(13)7(8)2/h4-6,10-11,14-15H,3H2,1-2H3. The fourth-order valence-electron chi connectivity index (χ4n) is 1.47. The molecule has 2 N–H and O–H groups in total. The van der Waals surface area contributed by atoms with Crippen LogP contribution in [-0.4, -0.2) is 28.9 Å². The van der Waals surface area contributed by atoms with Crippen LogP contribution in [0, 0.1) is 6.92 Å². The number of aliphatic hydroxyl groups is 2. The molecule has 0 saturated heterocycles. The second-order valence-electron chi connectivity index (χ2n) is 3.60. The molecule has 0 bridgehead atoms. The first-order chi connectivity index (χ1) is 7.99. The number of carbonyl (C=O) groups excluding carboxylic acids is 1. The van der Waals surface area contributed by atoms with E-state index in [1.54, 1.807) is 32.0 Å². The number of esters is 1. The van der Waals surface area contributed by atoms with Gasteiger partial charge in [-0.1, -0.05) is 23.7 Å². The molecule has 1 rings (SSSR count). The monoisotopic (exact) mass is 258 g/mol. The van der Waals surface area contributed by atoms with Crippen LogP contribution >= 0.6 is 11.6 Å². The molecule has 17 heavy (non-hydrogen) atoms. The zero-order chi connectivity index (χ0) is 13.0. The summed E-state index contributed by atoms with van der Waals surface area (Å²) in [5.41, 5.74) is 1.04. The summed E-state index contributed by atoms with van der Waals surface area (Å²) in [5.74, 6) is -0.848. The zero-order valence-electron chi connectivity index (χ0n) is 9.68. The summed E-state index contributed by atoms with van der Waals surface area (Å²) in [6.07, 6.45) is -2.94. The van der Waals surface area contributed by atoms with E-state index in [1.807, 2.05) is 0 Å². The van der Waals surface area contributed by atoms with Crippen molar-refractivity contribution in [2.24, 2.45) is 0 Å². The highest BCUT2D eigenvalue weighted by molar-refractivity contribution is 6.31. The van der Waals surface area contributed by atoms with Gasteiger partial charge in [0.15, 0.2) is 6.10 Å². The van der Waals surface area contributed by atoms with Gasteiger partial charge in [-0.05, 0) is 31.0 Å². The number of rotatable bonds is 4. The van der Waals surface area contributed by atoms with Crippen LogP contribution in [0.5, 0.6) is 0 Å². The van der Waals surface area contributed by atoms with E-state index >= 15 is 0 Å². The Kier molecular flexibility index (Phi) is 4.93. The first kappa shape index (κ1) is 14.0. The lowest BCUT2D eigenvalue weighted by Crippen LogP contribution is -2.30. The molecule has 94 valence electrons. The van der Waals surface area contributed by atoms with Gasteiger partial charge in [-0.25, -0.2) is 4.79 Å². The lowest BCUT2D eigenvalue weighted by molar-refractivity contribution is -0.159. The molecule has 0 aliphatic carbocycles. The van der Waals surface area contributed by atoms with Gasteiger partial charge in [0, 0.05) is 5.02 Å². The summed E-state index contributed by atoms with van der Waals surface area (Å²) in [6, 6.07) is 4.92. The Balaban J connectivity index is 2.92. The molecule has 0 heterocycles. The summed E-state index contributed by atoms with van der Waals surface area (Å²) < 4.78 is 4.63. The molecule has 4 nitrogen and oxygen atoms in total. The predicted octanol–water partition coefficient (Wildman–Crippen LogP) is 1.61. The Hall–Kier alpha value is -1.10. The number of hydrogen-bond donors (Lipinski definition) is 2. The van der Waals surface area contributed by atoms with E-state index < -0.39 is 18.2 Å². The normalized spacial score (nSPS) is 14.2. The van der Waals surface area contributed by atoms with Gasteiger partial charge >= 0.3 is 5.97 Å². The summed E-state index contributed by atoms with van der Waals surface area (Å²) >= 11 is 5.89. The SMILES string of the molecule is CCOC(=O)C(O)C(O)c1cccc(Cl)c1C. The van der Waals surface area contributed by atoms with E-state index in [4.69, 9.17) is 11.6 Å². The van der Waals surface area contributed by atoms with Crippen LogP contribution in [0.2, 0.25) is 5.02 Å². The molecular formula is C12H15ClO4. The molecule has 0 radical (unpaired) electrons. The first-order valence-corrected chi connectivity index (χ1v) is 5.64. The van der Waals surface area contributed by atoms with Crippen LogP contribution < -0.4 is 0 Å². The van der Waals surface area contributed by atoms with Gasteiger partial charge in [-0.15, -0.1) is 0 Å². The highest BCUT2D eigenvalue weighted by atomic mass is 35.5. The highest BCUT2D eigenvalue weighted by Gasteiger charge is 2.28. The number of ether oxygens (including phenoxy) is 1.